The predicted molar refractivity (Wildman–Crippen MR) is 107 cm³/mol. The molecule has 0 spiro atoms. The summed E-state index contributed by atoms with van der Waals surface area (Å²) >= 11 is 0. The molecule has 0 saturated carbocycles. The van der Waals surface area contributed by atoms with E-state index in [1.165, 1.54) is 12.1 Å². The van der Waals surface area contributed by atoms with Crippen molar-refractivity contribution in [2.75, 3.05) is 12.3 Å². The molecule has 144 valence electrons. The Bertz CT molecular complexity index is 957. The summed E-state index contributed by atoms with van der Waals surface area (Å²) in [5, 5.41) is 8.82. The summed E-state index contributed by atoms with van der Waals surface area (Å²) in [5.41, 5.74) is 7.90. The quantitative estimate of drug-likeness (QED) is 0.626. The second kappa shape index (κ2) is 8.92. The highest BCUT2D eigenvalue weighted by Gasteiger charge is 2.18. The van der Waals surface area contributed by atoms with Crippen LogP contribution in [0.15, 0.2) is 36.4 Å². The van der Waals surface area contributed by atoms with Crippen molar-refractivity contribution in [3.63, 3.8) is 0 Å². The largest absolute Gasteiger partial charge is 0.396 e. The average molecular weight is 392 g/mol. The van der Waals surface area contributed by atoms with Crippen LogP contribution in [0.3, 0.4) is 0 Å². The Balaban J connectivity index is 0.00000261. The Kier molecular flexibility index (Phi) is 6.87. The number of nitrogens with two attached hydrogens (primary N) is 1. The van der Waals surface area contributed by atoms with Crippen molar-refractivity contribution in [3.05, 3.63) is 48.1 Å². The second-order valence-corrected chi connectivity index (χ2v) is 6.26. The minimum Gasteiger partial charge on any atom is -0.396 e. The number of aromatic nitrogens is 4. The van der Waals surface area contributed by atoms with Crippen molar-refractivity contribution in [2.45, 2.75) is 25.7 Å². The van der Waals surface area contributed by atoms with Gasteiger partial charge in [-0.1, -0.05) is 31.2 Å². The molecule has 0 aliphatic carbocycles. The van der Waals surface area contributed by atoms with Crippen LogP contribution >= 0.6 is 12.4 Å². The Hall–Kier alpha value is -2.51. The number of fused-ring (bicyclic) bond motifs is 1. The van der Waals surface area contributed by atoms with Crippen molar-refractivity contribution in [1.29, 1.82) is 0 Å². The van der Waals surface area contributed by atoms with E-state index < -0.39 is 0 Å². The molecule has 1 atom stereocenters. The minimum absolute atomic E-state index is 0. The number of nitrogen functional groups attached to an aromatic ring is 1. The highest BCUT2D eigenvalue weighted by molar-refractivity contribution is 5.86. The number of rotatable bonds is 6. The van der Waals surface area contributed by atoms with Gasteiger partial charge in [-0.25, -0.2) is 19.3 Å². The van der Waals surface area contributed by atoms with Gasteiger partial charge in [0.25, 0.3) is 0 Å². The molecule has 3 rings (SSSR count). The van der Waals surface area contributed by atoms with Crippen molar-refractivity contribution in [1.82, 2.24) is 19.5 Å². The van der Waals surface area contributed by atoms with E-state index in [-0.39, 0.29) is 30.7 Å². The third kappa shape index (κ3) is 4.43. The molecule has 0 saturated heterocycles. The minimum atomic E-state index is -0.322. The predicted octanol–water partition coefficient (Wildman–Crippen LogP) is 3.61. The van der Waals surface area contributed by atoms with Gasteiger partial charge in [0.2, 0.25) is 0 Å². The average Bonchev–Trinajstić information content (AvgIpc) is 2.96. The monoisotopic (exact) mass is 391 g/mol. The van der Waals surface area contributed by atoms with Gasteiger partial charge in [-0.2, -0.15) is 0 Å². The lowest BCUT2D eigenvalue weighted by Gasteiger charge is -2.09. The lowest BCUT2D eigenvalue weighted by Crippen LogP contribution is -2.05. The van der Waals surface area contributed by atoms with E-state index in [4.69, 9.17) is 10.8 Å². The molecule has 8 heteroatoms. The maximum Gasteiger partial charge on any atom is 0.166 e. The first-order valence-electron chi connectivity index (χ1n) is 8.53. The molecule has 0 aliphatic rings. The summed E-state index contributed by atoms with van der Waals surface area (Å²) in [4.78, 5) is 13.5. The zero-order valence-electron chi connectivity index (χ0n) is 15.3. The molecule has 0 radical (unpaired) electrons. The molecule has 0 aliphatic heterocycles. The second-order valence-electron chi connectivity index (χ2n) is 6.26. The molecule has 2 heterocycles. The first-order valence-corrected chi connectivity index (χ1v) is 8.53. The number of allylic oxidation sites excluding steroid dienone is 1. The van der Waals surface area contributed by atoms with Gasteiger partial charge in [0.15, 0.2) is 17.0 Å². The smallest absolute Gasteiger partial charge is 0.166 e. The fourth-order valence-electron chi connectivity index (χ4n) is 2.80. The number of aliphatic hydroxyl groups is 1. The molecule has 1 unspecified atom stereocenters. The normalized spacial score (nSPS) is 12.4. The molecule has 6 nitrogen and oxygen atoms in total. The first kappa shape index (κ1) is 20.8. The number of hydrogen-bond donors (Lipinski definition) is 2. The van der Waals surface area contributed by atoms with Crippen LogP contribution in [0.2, 0.25) is 0 Å². The van der Waals surface area contributed by atoms with E-state index in [1.807, 2.05) is 26.1 Å². The van der Waals surface area contributed by atoms with Crippen LogP contribution in [-0.2, 0) is 7.05 Å². The fraction of sp³-hybridized carbons (Fsp3) is 0.316. The van der Waals surface area contributed by atoms with Gasteiger partial charge in [0.05, 0.1) is 0 Å². The zero-order chi connectivity index (χ0) is 18.7. The number of halogens is 2. The van der Waals surface area contributed by atoms with E-state index in [9.17, 15) is 4.39 Å². The molecular formula is C19H23ClFN5O. The van der Waals surface area contributed by atoms with Crippen LogP contribution in [-0.4, -0.2) is 31.2 Å². The molecule has 0 amide bonds. The number of aryl methyl sites for hydroxylation is 1. The molecular weight excluding hydrogens is 369 g/mol. The molecule has 3 aromatic rings. The van der Waals surface area contributed by atoms with Gasteiger partial charge in [-0.15, -0.1) is 12.4 Å². The van der Waals surface area contributed by atoms with Crippen LogP contribution in [0.4, 0.5) is 10.2 Å². The van der Waals surface area contributed by atoms with Crippen LogP contribution in [0, 0.1) is 5.82 Å². The number of hydrogen-bond acceptors (Lipinski definition) is 5. The van der Waals surface area contributed by atoms with Gasteiger partial charge in [-0.05, 0) is 25.0 Å². The summed E-state index contributed by atoms with van der Waals surface area (Å²) in [6, 6.07) is 6.26. The summed E-state index contributed by atoms with van der Waals surface area (Å²) in [7, 11) is 1.83. The van der Waals surface area contributed by atoms with Crippen LogP contribution in [0.25, 0.3) is 22.6 Å². The molecule has 2 aromatic heterocycles. The molecule has 0 bridgehead atoms. The lowest BCUT2D eigenvalue weighted by atomic mass is 10.1. The zero-order valence-corrected chi connectivity index (χ0v) is 16.1. The number of imidazole rings is 1. The highest BCUT2D eigenvalue weighted by Crippen LogP contribution is 2.27. The van der Waals surface area contributed by atoms with Crippen molar-refractivity contribution >= 4 is 29.4 Å². The van der Waals surface area contributed by atoms with E-state index in [1.54, 1.807) is 16.7 Å². The van der Waals surface area contributed by atoms with Gasteiger partial charge in [0, 0.05) is 25.1 Å². The summed E-state index contributed by atoms with van der Waals surface area (Å²) in [6.45, 7) is 2.16. The summed E-state index contributed by atoms with van der Waals surface area (Å²) in [5.74, 6) is 1.29. The van der Waals surface area contributed by atoms with Crippen molar-refractivity contribution in [3.8, 4) is 11.4 Å². The third-order valence-electron chi connectivity index (χ3n) is 4.24. The maximum atomic E-state index is 13.6. The lowest BCUT2D eigenvalue weighted by molar-refractivity contribution is 0.302. The number of aliphatic hydroxyl groups excluding tert-OH is 1. The van der Waals surface area contributed by atoms with E-state index in [0.717, 1.165) is 6.42 Å². The Morgan fingerprint density at radius 1 is 1.26 bits per heavy atom. The van der Waals surface area contributed by atoms with Gasteiger partial charge in [0.1, 0.15) is 17.5 Å². The van der Waals surface area contributed by atoms with Gasteiger partial charge < -0.3 is 15.4 Å². The fourth-order valence-corrected chi connectivity index (χ4v) is 2.80. The Morgan fingerprint density at radius 3 is 2.74 bits per heavy atom. The number of anilines is 1. The van der Waals surface area contributed by atoms with Crippen molar-refractivity contribution in [2.24, 2.45) is 7.05 Å². The Morgan fingerprint density at radius 2 is 2.04 bits per heavy atom. The van der Waals surface area contributed by atoms with E-state index in [2.05, 4.69) is 15.0 Å². The van der Waals surface area contributed by atoms with Crippen LogP contribution < -0.4 is 5.73 Å². The van der Waals surface area contributed by atoms with Crippen LogP contribution in [0.5, 0.6) is 0 Å². The van der Waals surface area contributed by atoms with Gasteiger partial charge >= 0.3 is 0 Å². The van der Waals surface area contributed by atoms with E-state index >= 15 is 0 Å². The van der Waals surface area contributed by atoms with Crippen LogP contribution in [0.1, 0.15) is 31.5 Å². The van der Waals surface area contributed by atoms with E-state index in [0.29, 0.717) is 40.6 Å². The molecule has 3 N–H and O–H groups in total. The van der Waals surface area contributed by atoms with Gasteiger partial charge in [-0.3, -0.25) is 0 Å². The number of benzene rings is 1. The molecule has 27 heavy (non-hydrogen) atoms. The molecule has 1 aromatic carbocycles. The summed E-state index contributed by atoms with van der Waals surface area (Å²) in [6.07, 6.45) is 5.32. The SMILES string of the molecule is CC(C/C=C/CCO)c1nc(N)c2nc(-c3cccc(F)c3)n(C)c2n1.Cl. The standard InChI is InChI=1S/C19H22FN5O.ClH/c1-12(7-4-3-5-10-26)17-23-16(21)15-19(24-17)25(2)18(22-15)13-8-6-9-14(20)11-13;/h3-4,6,8-9,11-12,26H,5,7,10H2,1-2H3,(H2,21,23,24);1H/b4-3+;. The topological polar surface area (TPSA) is 89.9 Å². The highest BCUT2D eigenvalue weighted by atomic mass is 35.5. The maximum absolute atomic E-state index is 13.6. The van der Waals surface area contributed by atoms with Crippen molar-refractivity contribution < 1.29 is 9.50 Å². The summed E-state index contributed by atoms with van der Waals surface area (Å²) < 4.78 is 15.4. The first-order chi connectivity index (χ1) is 12.5. The third-order valence-corrected chi connectivity index (χ3v) is 4.24. The molecule has 0 fully saturated rings. The number of nitrogens with zero attached hydrogens (tertiary/aromatic N) is 4. The Labute approximate surface area is 163 Å².